The Kier molecular flexibility index (Phi) is 3.94. The van der Waals surface area contributed by atoms with Gasteiger partial charge in [0.25, 0.3) is 5.91 Å². The molecule has 5 heteroatoms. The largest absolute Gasteiger partial charge is 0.480 e. The second-order valence-electron chi connectivity index (χ2n) is 5.00. The van der Waals surface area contributed by atoms with E-state index in [-0.39, 0.29) is 5.91 Å². The Morgan fingerprint density at radius 3 is 2.74 bits per heavy atom. The van der Waals surface area contributed by atoms with Crippen molar-refractivity contribution in [3.63, 3.8) is 0 Å². The van der Waals surface area contributed by atoms with Crippen LogP contribution in [0.2, 0.25) is 0 Å². The molecule has 1 aromatic rings. The highest BCUT2D eigenvalue weighted by Crippen LogP contribution is 2.30. The van der Waals surface area contributed by atoms with E-state index < -0.39 is 11.5 Å². The van der Waals surface area contributed by atoms with Crippen LogP contribution in [0.25, 0.3) is 0 Å². The number of rotatable bonds is 2. The lowest BCUT2D eigenvalue weighted by Gasteiger charge is -2.41. The van der Waals surface area contributed by atoms with Crippen LogP contribution in [0.5, 0.6) is 0 Å². The molecule has 0 bridgehead atoms. The number of hydrogen-bond donors (Lipinski definition) is 1. The van der Waals surface area contributed by atoms with Gasteiger partial charge in [-0.05, 0) is 44.4 Å². The molecule has 0 spiro atoms. The van der Waals surface area contributed by atoms with Crippen molar-refractivity contribution in [1.29, 1.82) is 0 Å². The van der Waals surface area contributed by atoms with Gasteiger partial charge >= 0.3 is 5.97 Å². The van der Waals surface area contributed by atoms with E-state index in [9.17, 15) is 14.7 Å². The molecular formula is C14H16BrNO3. The van der Waals surface area contributed by atoms with Crippen LogP contribution in [0.3, 0.4) is 0 Å². The van der Waals surface area contributed by atoms with Gasteiger partial charge in [0.15, 0.2) is 0 Å². The number of carboxylic acid groups (broad SMARTS) is 1. The van der Waals surface area contributed by atoms with Gasteiger partial charge in [0.1, 0.15) is 5.54 Å². The van der Waals surface area contributed by atoms with Crippen LogP contribution in [-0.2, 0) is 4.79 Å². The molecule has 102 valence electrons. The number of hydrogen-bond acceptors (Lipinski definition) is 2. The molecule has 1 aromatic carbocycles. The van der Waals surface area contributed by atoms with E-state index in [1.54, 1.807) is 25.1 Å². The number of benzene rings is 1. The maximum Gasteiger partial charge on any atom is 0.329 e. The van der Waals surface area contributed by atoms with E-state index in [0.717, 1.165) is 17.3 Å². The molecule has 0 saturated carbocycles. The molecule has 1 N–H and O–H groups in total. The normalized spacial score (nSPS) is 23.2. The predicted octanol–water partition coefficient (Wildman–Crippen LogP) is 2.92. The number of likely N-dealkylation sites (tertiary alicyclic amines) is 1. The zero-order chi connectivity index (χ0) is 14.0. The van der Waals surface area contributed by atoms with Gasteiger partial charge < -0.3 is 10.0 Å². The van der Waals surface area contributed by atoms with Crippen molar-refractivity contribution in [2.75, 3.05) is 6.54 Å². The van der Waals surface area contributed by atoms with Crippen LogP contribution in [0, 0.1) is 0 Å². The molecule has 2 rings (SSSR count). The van der Waals surface area contributed by atoms with Gasteiger partial charge in [-0.25, -0.2) is 4.79 Å². The van der Waals surface area contributed by atoms with E-state index in [2.05, 4.69) is 15.9 Å². The fourth-order valence-electron chi connectivity index (χ4n) is 2.45. The Hall–Kier alpha value is -1.36. The van der Waals surface area contributed by atoms with Crippen LogP contribution >= 0.6 is 15.9 Å². The van der Waals surface area contributed by atoms with E-state index in [4.69, 9.17) is 0 Å². The van der Waals surface area contributed by atoms with Crippen LogP contribution in [0.1, 0.15) is 36.5 Å². The highest BCUT2D eigenvalue weighted by Gasteiger charge is 2.44. The van der Waals surface area contributed by atoms with Gasteiger partial charge in [-0.1, -0.05) is 22.0 Å². The first-order valence-electron chi connectivity index (χ1n) is 6.26. The highest BCUT2D eigenvalue weighted by atomic mass is 79.9. The fourth-order valence-corrected chi connectivity index (χ4v) is 2.85. The summed E-state index contributed by atoms with van der Waals surface area (Å²) in [4.78, 5) is 25.5. The number of amides is 1. The third-order valence-corrected chi connectivity index (χ3v) is 4.16. The Labute approximate surface area is 120 Å². The number of halogens is 1. The van der Waals surface area contributed by atoms with Gasteiger partial charge in [-0.2, -0.15) is 0 Å². The average molecular weight is 326 g/mol. The maximum atomic E-state index is 12.5. The van der Waals surface area contributed by atoms with Crippen molar-refractivity contribution in [3.8, 4) is 0 Å². The van der Waals surface area contributed by atoms with E-state index in [1.807, 2.05) is 6.07 Å². The quantitative estimate of drug-likeness (QED) is 0.909. The second-order valence-corrected chi connectivity index (χ2v) is 5.92. The zero-order valence-corrected chi connectivity index (χ0v) is 12.3. The monoisotopic (exact) mass is 325 g/mol. The highest BCUT2D eigenvalue weighted by molar-refractivity contribution is 9.10. The molecule has 1 amide bonds. The van der Waals surface area contributed by atoms with Gasteiger partial charge in [0.2, 0.25) is 0 Å². The molecule has 1 heterocycles. The second kappa shape index (κ2) is 5.33. The maximum absolute atomic E-state index is 12.5. The smallest absolute Gasteiger partial charge is 0.329 e. The van der Waals surface area contributed by atoms with Gasteiger partial charge in [0, 0.05) is 16.6 Å². The van der Waals surface area contributed by atoms with Crippen LogP contribution in [0.4, 0.5) is 0 Å². The predicted molar refractivity (Wildman–Crippen MR) is 75.1 cm³/mol. The van der Waals surface area contributed by atoms with E-state index in [1.165, 1.54) is 4.90 Å². The van der Waals surface area contributed by atoms with E-state index in [0.29, 0.717) is 18.5 Å². The number of nitrogens with zero attached hydrogens (tertiary/aromatic N) is 1. The lowest BCUT2D eigenvalue weighted by molar-refractivity contribution is -0.150. The molecule has 1 atom stereocenters. The molecule has 0 aliphatic carbocycles. The van der Waals surface area contributed by atoms with Crippen molar-refractivity contribution in [2.24, 2.45) is 0 Å². The summed E-state index contributed by atoms with van der Waals surface area (Å²) in [5.41, 5.74) is -0.582. The number of carbonyl (C=O) groups is 2. The van der Waals surface area contributed by atoms with Gasteiger partial charge in [0.05, 0.1) is 0 Å². The minimum atomic E-state index is -1.10. The Morgan fingerprint density at radius 1 is 1.37 bits per heavy atom. The third kappa shape index (κ3) is 2.66. The molecule has 1 aliphatic rings. The van der Waals surface area contributed by atoms with Gasteiger partial charge in [-0.15, -0.1) is 0 Å². The number of aliphatic carboxylic acids is 1. The number of carboxylic acids is 1. The molecule has 19 heavy (non-hydrogen) atoms. The summed E-state index contributed by atoms with van der Waals surface area (Å²) in [6, 6.07) is 7.05. The lowest BCUT2D eigenvalue weighted by atomic mass is 9.88. The van der Waals surface area contributed by atoms with Crippen molar-refractivity contribution in [3.05, 3.63) is 34.3 Å². The standard InChI is InChI=1S/C14H16BrNO3/c1-14(13(18)19)7-2-3-8-16(14)12(17)10-5-4-6-11(15)9-10/h4-6,9H,2-3,7-8H2,1H3,(H,18,19). The molecule has 0 radical (unpaired) electrons. The summed E-state index contributed by atoms with van der Waals surface area (Å²) in [6.45, 7) is 2.12. The minimum absolute atomic E-state index is 0.217. The molecule has 1 saturated heterocycles. The number of piperidine rings is 1. The number of carbonyl (C=O) groups excluding carboxylic acids is 1. The fraction of sp³-hybridized carbons (Fsp3) is 0.429. The molecule has 1 aliphatic heterocycles. The Morgan fingerprint density at radius 2 is 2.11 bits per heavy atom. The van der Waals surface area contributed by atoms with Crippen molar-refractivity contribution < 1.29 is 14.7 Å². The third-order valence-electron chi connectivity index (χ3n) is 3.67. The zero-order valence-electron chi connectivity index (χ0n) is 10.7. The first kappa shape index (κ1) is 14.1. The molecule has 1 fully saturated rings. The summed E-state index contributed by atoms with van der Waals surface area (Å²) in [7, 11) is 0. The Balaban J connectivity index is 2.33. The first-order valence-corrected chi connectivity index (χ1v) is 7.05. The lowest BCUT2D eigenvalue weighted by Crippen LogP contribution is -2.57. The molecule has 1 unspecified atom stereocenters. The summed E-state index contributed by atoms with van der Waals surface area (Å²) in [5.74, 6) is -1.15. The van der Waals surface area contributed by atoms with Crippen LogP contribution in [-0.4, -0.2) is 34.0 Å². The van der Waals surface area contributed by atoms with Crippen LogP contribution in [0.15, 0.2) is 28.7 Å². The molecular weight excluding hydrogens is 310 g/mol. The summed E-state index contributed by atoms with van der Waals surface area (Å²) < 4.78 is 0.812. The van der Waals surface area contributed by atoms with Crippen LogP contribution < -0.4 is 0 Å². The summed E-state index contributed by atoms with van der Waals surface area (Å²) in [6.07, 6.45) is 2.19. The van der Waals surface area contributed by atoms with E-state index >= 15 is 0 Å². The van der Waals surface area contributed by atoms with Crippen molar-refractivity contribution >= 4 is 27.8 Å². The van der Waals surface area contributed by atoms with Crippen molar-refractivity contribution in [1.82, 2.24) is 4.90 Å². The molecule has 0 aromatic heterocycles. The SMILES string of the molecule is CC1(C(=O)O)CCCCN1C(=O)c1cccc(Br)c1. The van der Waals surface area contributed by atoms with Crippen molar-refractivity contribution in [2.45, 2.75) is 31.7 Å². The minimum Gasteiger partial charge on any atom is -0.480 e. The topological polar surface area (TPSA) is 57.6 Å². The summed E-state index contributed by atoms with van der Waals surface area (Å²) >= 11 is 3.32. The van der Waals surface area contributed by atoms with Gasteiger partial charge in [-0.3, -0.25) is 4.79 Å². The first-order chi connectivity index (χ1) is 8.95. The molecule has 4 nitrogen and oxygen atoms in total. The average Bonchev–Trinajstić information content (AvgIpc) is 2.38. The Bertz CT molecular complexity index is 517. The summed E-state index contributed by atoms with van der Waals surface area (Å²) in [5, 5.41) is 9.42.